The third kappa shape index (κ3) is 6.38. The highest BCUT2D eigenvalue weighted by molar-refractivity contribution is 7.15. The summed E-state index contributed by atoms with van der Waals surface area (Å²) < 4.78 is 5.86. The van der Waals surface area contributed by atoms with Gasteiger partial charge in [0.05, 0.1) is 11.3 Å². The number of hydrogen-bond donors (Lipinski definition) is 3. The van der Waals surface area contributed by atoms with Gasteiger partial charge in [0.25, 0.3) is 0 Å². The van der Waals surface area contributed by atoms with Crippen molar-refractivity contribution < 1.29 is 9.84 Å². The molecular formula is C23H31N5O2S. The van der Waals surface area contributed by atoms with Crippen molar-refractivity contribution in [1.82, 2.24) is 15.0 Å². The Hall–Kier alpha value is -2.71. The highest BCUT2D eigenvalue weighted by atomic mass is 32.1. The Kier molecular flexibility index (Phi) is 7.12. The molecule has 0 aliphatic heterocycles. The molecule has 0 aliphatic carbocycles. The molecule has 0 unspecified atom stereocenters. The van der Waals surface area contributed by atoms with Crippen molar-refractivity contribution in [2.45, 2.75) is 59.0 Å². The van der Waals surface area contributed by atoms with Crippen LogP contribution >= 0.6 is 11.3 Å². The summed E-state index contributed by atoms with van der Waals surface area (Å²) in [6.07, 6.45) is 3.37. The molecular weight excluding hydrogens is 410 g/mol. The number of hydrogen-bond acceptors (Lipinski definition) is 8. The maximum absolute atomic E-state index is 9.98. The molecule has 0 radical (unpaired) electrons. The van der Waals surface area contributed by atoms with Crippen LogP contribution in [0.1, 0.15) is 49.2 Å². The SMILES string of the molecule is CCCc1sc(-c2ccc(C)c(OCC(C)(C)O)c2)nc1CCc1nc(N)cc(N)n1. The zero-order chi connectivity index (χ0) is 22.6. The van der Waals surface area contributed by atoms with Crippen LogP contribution in [-0.4, -0.2) is 32.3 Å². The van der Waals surface area contributed by atoms with Gasteiger partial charge >= 0.3 is 0 Å². The minimum Gasteiger partial charge on any atom is -0.490 e. The third-order valence-corrected chi connectivity index (χ3v) is 5.88. The molecule has 0 saturated heterocycles. The van der Waals surface area contributed by atoms with E-state index >= 15 is 0 Å². The smallest absolute Gasteiger partial charge is 0.133 e. The summed E-state index contributed by atoms with van der Waals surface area (Å²) in [7, 11) is 0. The van der Waals surface area contributed by atoms with E-state index in [0.717, 1.165) is 46.8 Å². The van der Waals surface area contributed by atoms with Crippen LogP contribution in [0.25, 0.3) is 10.6 Å². The van der Waals surface area contributed by atoms with Crippen LogP contribution in [0.5, 0.6) is 5.75 Å². The van der Waals surface area contributed by atoms with Crippen LogP contribution in [0.2, 0.25) is 0 Å². The molecule has 166 valence electrons. The maximum Gasteiger partial charge on any atom is 0.133 e. The second kappa shape index (κ2) is 9.62. The monoisotopic (exact) mass is 441 g/mol. The Labute approximate surface area is 187 Å². The fourth-order valence-electron chi connectivity index (χ4n) is 3.15. The average molecular weight is 442 g/mol. The number of anilines is 2. The zero-order valence-corrected chi connectivity index (χ0v) is 19.4. The Morgan fingerprint density at radius 3 is 2.39 bits per heavy atom. The van der Waals surface area contributed by atoms with Gasteiger partial charge in [0.1, 0.15) is 34.8 Å². The average Bonchev–Trinajstić information content (AvgIpc) is 3.07. The lowest BCUT2D eigenvalue weighted by Crippen LogP contribution is -2.28. The first kappa shape index (κ1) is 23.0. The number of benzene rings is 1. The minimum absolute atomic E-state index is 0.227. The van der Waals surface area contributed by atoms with Crippen molar-refractivity contribution in [3.05, 3.63) is 46.2 Å². The van der Waals surface area contributed by atoms with Crippen LogP contribution in [-0.2, 0) is 19.3 Å². The predicted octanol–water partition coefficient (Wildman–Crippen LogP) is 3.96. The summed E-state index contributed by atoms with van der Waals surface area (Å²) in [5, 5.41) is 10.9. The standard InChI is InChI=1S/C23H31N5O2S/c1-5-6-18-16(9-10-21-27-19(24)12-20(25)28-21)26-22(31-18)15-8-7-14(2)17(11-15)30-13-23(3,4)29/h7-8,11-12,29H,5-6,9-10,13H2,1-4H3,(H4,24,25,27,28). The van der Waals surface area contributed by atoms with E-state index in [-0.39, 0.29) is 6.61 Å². The second-order valence-corrected chi connectivity index (χ2v) is 9.44. The Bertz CT molecular complexity index is 1020. The number of aliphatic hydroxyl groups is 1. The molecule has 0 saturated carbocycles. The molecule has 3 rings (SSSR count). The van der Waals surface area contributed by atoms with Crippen LogP contribution in [0.4, 0.5) is 11.6 Å². The van der Waals surface area contributed by atoms with Gasteiger partial charge in [0, 0.05) is 22.9 Å². The summed E-state index contributed by atoms with van der Waals surface area (Å²) in [4.78, 5) is 14.8. The van der Waals surface area contributed by atoms with E-state index in [1.54, 1.807) is 31.3 Å². The zero-order valence-electron chi connectivity index (χ0n) is 18.6. The number of ether oxygens (including phenoxy) is 1. The molecule has 7 nitrogen and oxygen atoms in total. The summed E-state index contributed by atoms with van der Waals surface area (Å²) in [5.74, 6) is 2.16. The van der Waals surface area contributed by atoms with Gasteiger partial charge in [-0.15, -0.1) is 11.3 Å². The predicted molar refractivity (Wildman–Crippen MR) is 126 cm³/mol. The second-order valence-electron chi connectivity index (χ2n) is 8.35. The van der Waals surface area contributed by atoms with Crippen LogP contribution in [0.15, 0.2) is 24.3 Å². The van der Waals surface area contributed by atoms with Gasteiger partial charge in [-0.05, 0) is 45.2 Å². The largest absolute Gasteiger partial charge is 0.490 e. The number of aryl methyl sites for hydroxylation is 4. The molecule has 0 fully saturated rings. The quantitative estimate of drug-likeness (QED) is 0.459. The first-order valence-electron chi connectivity index (χ1n) is 10.5. The molecule has 2 heterocycles. The van der Waals surface area contributed by atoms with Gasteiger partial charge in [0.15, 0.2) is 0 Å². The van der Waals surface area contributed by atoms with Crippen molar-refractivity contribution in [2.24, 2.45) is 0 Å². The van der Waals surface area contributed by atoms with Crippen LogP contribution < -0.4 is 16.2 Å². The lowest BCUT2D eigenvalue weighted by molar-refractivity contribution is 0.0283. The number of nitrogens with two attached hydrogens (primary N) is 2. The molecule has 0 bridgehead atoms. The summed E-state index contributed by atoms with van der Waals surface area (Å²) >= 11 is 1.71. The molecule has 8 heteroatoms. The third-order valence-electron chi connectivity index (χ3n) is 4.67. The van der Waals surface area contributed by atoms with Gasteiger partial charge in [0.2, 0.25) is 0 Å². The fraction of sp³-hybridized carbons (Fsp3) is 0.435. The van der Waals surface area contributed by atoms with Crippen molar-refractivity contribution in [3.8, 4) is 16.3 Å². The first-order valence-corrected chi connectivity index (χ1v) is 11.3. The van der Waals surface area contributed by atoms with E-state index in [2.05, 4.69) is 23.0 Å². The van der Waals surface area contributed by atoms with Crippen molar-refractivity contribution in [3.63, 3.8) is 0 Å². The van der Waals surface area contributed by atoms with E-state index in [1.165, 1.54) is 4.88 Å². The first-order chi connectivity index (χ1) is 14.6. The number of nitrogens with zero attached hydrogens (tertiary/aromatic N) is 3. The van der Waals surface area contributed by atoms with Gasteiger partial charge < -0.3 is 21.3 Å². The molecule has 0 spiro atoms. The van der Waals surface area contributed by atoms with Gasteiger partial charge in [-0.3, -0.25) is 0 Å². The van der Waals surface area contributed by atoms with Gasteiger partial charge in [-0.2, -0.15) is 0 Å². The highest BCUT2D eigenvalue weighted by Crippen LogP contribution is 2.33. The van der Waals surface area contributed by atoms with Crippen LogP contribution in [0, 0.1) is 6.92 Å². The summed E-state index contributed by atoms with van der Waals surface area (Å²) in [6.45, 7) is 7.85. The van der Waals surface area contributed by atoms with E-state index in [0.29, 0.717) is 23.9 Å². The molecule has 5 N–H and O–H groups in total. The number of aromatic nitrogens is 3. The normalized spacial score (nSPS) is 11.6. The summed E-state index contributed by atoms with van der Waals surface area (Å²) in [6, 6.07) is 7.65. The van der Waals surface area contributed by atoms with Crippen molar-refractivity contribution >= 4 is 23.0 Å². The lowest BCUT2D eigenvalue weighted by atomic mass is 10.1. The van der Waals surface area contributed by atoms with Gasteiger partial charge in [-0.1, -0.05) is 25.5 Å². The lowest BCUT2D eigenvalue weighted by Gasteiger charge is -2.19. The minimum atomic E-state index is -0.891. The van der Waals surface area contributed by atoms with Crippen molar-refractivity contribution in [2.75, 3.05) is 18.1 Å². The molecule has 3 aromatic rings. The Morgan fingerprint density at radius 2 is 1.74 bits per heavy atom. The highest BCUT2D eigenvalue weighted by Gasteiger charge is 2.17. The number of thiazole rings is 1. The molecule has 0 amide bonds. The van der Waals surface area contributed by atoms with Gasteiger partial charge in [-0.25, -0.2) is 15.0 Å². The molecule has 2 aromatic heterocycles. The topological polar surface area (TPSA) is 120 Å². The van der Waals surface area contributed by atoms with E-state index in [4.69, 9.17) is 21.2 Å². The summed E-state index contributed by atoms with van der Waals surface area (Å²) in [5.41, 5.74) is 13.8. The fourth-order valence-corrected chi connectivity index (χ4v) is 4.35. The number of rotatable bonds is 9. The molecule has 31 heavy (non-hydrogen) atoms. The molecule has 0 atom stereocenters. The molecule has 1 aromatic carbocycles. The Morgan fingerprint density at radius 1 is 1.03 bits per heavy atom. The number of nitrogen functional groups attached to an aromatic ring is 2. The van der Waals surface area contributed by atoms with E-state index in [1.807, 2.05) is 19.1 Å². The van der Waals surface area contributed by atoms with E-state index in [9.17, 15) is 5.11 Å². The van der Waals surface area contributed by atoms with Crippen LogP contribution in [0.3, 0.4) is 0 Å². The molecule has 0 aliphatic rings. The van der Waals surface area contributed by atoms with Crippen molar-refractivity contribution in [1.29, 1.82) is 0 Å². The Balaban J connectivity index is 1.84. The van der Waals surface area contributed by atoms with E-state index < -0.39 is 5.60 Å². The maximum atomic E-state index is 9.98.